The zero-order chi connectivity index (χ0) is 17.2. The summed E-state index contributed by atoms with van der Waals surface area (Å²) in [6.45, 7) is -4.51. The number of aliphatic carboxylic acids is 1. The van der Waals surface area contributed by atoms with Gasteiger partial charge >= 0.3 is 24.5 Å². The summed E-state index contributed by atoms with van der Waals surface area (Å²) < 4.78 is 109. The van der Waals surface area contributed by atoms with Crippen molar-refractivity contribution < 1.29 is 54.2 Å². The van der Waals surface area contributed by atoms with E-state index in [0.717, 1.165) is 0 Å². The molecule has 0 unspecified atom stereocenters. The topological polar surface area (TPSA) is 57.6 Å². The highest BCUT2D eigenvalue weighted by Gasteiger charge is 2.62. The molecular formula is C8H6F9NO3. The lowest BCUT2D eigenvalue weighted by Crippen LogP contribution is -2.52. The summed E-state index contributed by atoms with van der Waals surface area (Å²) in [6, 6.07) is 0. The first-order valence-corrected chi connectivity index (χ1v) is 4.76. The third-order valence-electron chi connectivity index (χ3n) is 1.91. The lowest BCUT2D eigenvalue weighted by Gasteiger charge is -2.29. The summed E-state index contributed by atoms with van der Waals surface area (Å²) >= 11 is 0. The molecular weight excluding hydrogens is 329 g/mol. The third-order valence-corrected chi connectivity index (χ3v) is 1.91. The molecule has 13 heteroatoms. The summed E-state index contributed by atoms with van der Waals surface area (Å²) in [6.07, 6.45) is -17.8. The molecule has 0 saturated carbocycles. The van der Waals surface area contributed by atoms with Crippen molar-refractivity contribution in [1.29, 1.82) is 0 Å². The minimum atomic E-state index is -6.21. The lowest BCUT2D eigenvalue weighted by atomic mass is 10.1. The zero-order valence-electron chi connectivity index (χ0n) is 9.60. The van der Waals surface area contributed by atoms with Crippen molar-refractivity contribution in [3.05, 3.63) is 0 Å². The molecule has 1 amide bonds. The number of carboxylic acid groups (broad SMARTS) is 1. The lowest BCUT2D eigenvalue weighted by molar-refractivity contribution is -0.279. The van der Waals surface area contributed by atoms with Gasteiger partial charge in [0.2, 0.25) is 11.8 Å². The number of halogens is 9. The first-order valence-electron chi connectivity index (χ1n) is 4.76. The monoisotopic (exact) mass is 335 g/mol. The second kappa shape index (κ2) is 5.97. The van der Waals surface area contributed by atoms with Crippen LogP contribution in [0.5, 0.6) is 0 Å². The molecule has 0 atom stereocenters. The van der Waals surface area contributed by atoms with E-state index in [1.165, 1.54) is 0 Å². The summed E-state index contributed by atoms with van der Waals surface area (Å²) in [5.74, 6) is -9.96. The normalized spacial score (nSPS) is 13.4. The molecule has 4 nitrogen and oxygen atoms in total. The minimum Gasteiger partial charge on any atom is -0.480 e. The van der Waals surface area contributed by atoms with E-state index in [0.29, 0.717) is 0 Å². The third kappa shape index (κ3) is 6.53. The largest absolute Gasteiger partial charge is 0.480 e. The SMILES string of the molecule is O=C(O)CN(CC(F)(F)F)C(=O)C(C(F)(F)F)C(F)(F)F. The van der Waals surface area contributed by atoms with E-state index in [-0.39, 0.29) is 0 Å². The number of hydrogen-bond acceptors (Lipinski definition) is 2. The molecule has 21 heavy (non-hydrogen) atoms. The Hall–Kier alpha value is -1.69. The molecule has 0 fully saturated rings. The van der Waals surface area contributed by atoms with Gasteiger partial charge in [0.25, 0.3) is 0 Å². The Labute approximate surface area is 110 Å². The number of nitrogens with zero attached hydrogens (tertiary/aromatic N) is 1. The Bertz CT molecular complexity index is 383. The molecule has 1 N–H and O–H groups in total. The maximum atomic E-state index is 12.2. The van der Waals surface area contributed by atoms with Crippen molar-refractivity contribution in [3.63, 3.8) is 0 Å². The van der Waals surface area contributed by atoms with Crippen molar-refractivity contribution in [3.8, 4) is 0 Å². The summed E-state index contributed by atoms with van der Waals surface area (Å²) in [4.78, 5) is 20.2. The van der Waals surface area contributed by atoms with Gasteiger partial charge in [0.15, 0.2) is 0 Å². The highest BCUT2D eigenvalue weighted by molar-refractivity contribution is 5.84. The van der Waals surface area contributed by atoms with Crippen molar-refractivity contribution >= 4 is 11.9 Å². The molecule has 0 aliphatic rings. The number of hydrogen-bond donors (Lipinski definition) is 1. The Morgan fingerprint density at radius 2 is 1.29 bits per heavy atom. The van der Waals surface area contributed by atoms with Gasteiger partial charge in [0, 0.05) is 0 Å². The van der Waals surface area contributed by atoms with Crippen molar-refractivity contribution in [2.75, 3.05) is 13.1 Å². The quantitative estimate of drug-likeness (QED) is 0.802. The van der Waals surface area contributed by atoms with Crippen LogP contribution in [0.1, 0.15) is 0 Å². The van der Waals surface area contributed by atoms with Gasteiger partial charge in [-0.25, -0.2) is 0 Å². The molecule has 0 heterocycles. The average Bonchev–Trinajstić information content (AvgIpc) is 2.07. The number of alkyl halides is 9. The maximum absolute atomic E-state index is 12.2. The average molecular weight is 335 g/mol. The Balaban J connectivity index is 5.55. The molecule has 0 aromatic heterocycles. The van der Waals surface area contributed by atoms with Gasteiger partial charge in [-0.05, 0) is 0 Å². The van der Waals surface area contributed by atoms with Crippen LogP contribution in [0.25, 0.3) is 0 Å². The van der Waals surface area contributed by atoms with Crippen LogP contribution in [-0.2, 0) is 9.59 Å². The molecule has 0 aliphatic heterocycles. The van der Waals surface area contributed by atoms with Crippen LogP contribution < -0.4 is 0 Å². The predicted molar refractivity (Wildman–Crippen MR) is 45.9 cm³/mol. The maximum Gasteiger partial charge on any atom is 0.409 e. The van der Waals surface area contributed by atoms with E-state index in [4.69, 9.17) is 5.11 Å². The molecule has 124 valence electrons. The van der Waals surface area contributed by atoms with Gasteiger partial charge in [-0.3, -0.25) is 9.59 Å². The number of carboxylic acids is 1. The summed E-state index contributed by atoms with van der Waals surface area (Å²) in [5.41, 5.74) is 0. The summed E-state index contributed by atoms with van der Waals surface area (Å²) in [5, 5.41) is 8.19. The highest BCUT2D eigenvalue weighted by Crippen LogP contribution is 2.40. The van der Waals surface area contributed by atoms with Crippen LogP contribution >= 0.6 is 0 Å². The van der Waals surface area contributed by atoms with E-state index in [1.54, 1.807) is 0 Å². The second-order valence-electron chi connectivity index (χ2n) is 3.72. The van der Waals surface area contributed by atoms with E-state index < -0.39 is 54.3 Å². The van der Waals surface area contributed by atoms with Crippen LogP contribution in [0.3, 0.4) is 0 Å². The first-order chi connectivity index (χ1) is 9.05. The Kier molecular flexibility index (Phi) is 5.49. The number of rotatable bonds is 4. The van der Waals surface area contributed by atoms with E-state index >= 15 is 0 Å². The van der Waals surface area contributed by atoms with E-state index in [2.05, 4.69) is 0 Å². The van der Waals surface area contributed by atoms with E-state index in [9.17, 15) is 49.1 Å². The van der Waals surface area contributed by atoms with Gasteiger partial charge in [-0.1, -0.05) is 0 Å². The fraction of sp³-hybridized carbons (Fsp3) is 0.750. The Morgan fingerprint density at radius 3 is 1.52 bits per heavy atom. The number of amides is 1. The van der Waals surface area contributed by atoms with Crippen molar-refractivity contribution in [2.24, 2.45) is 5.92 Å². The minimum absolute atomic E-state index is 1.06. The number of carbonyl (C=O) groups is 2. The van der Waals surface area contributed by atoms with E-state index in [1.807, 2.05) is 0 Å². The predicted octanol–water partition coefficient (Wildman–Crippen LogP) is 2.20. The Morgan fingerprint density at radius 1 is 0.905 bits per heavy atom. The zero-order valence-corrected chi connectivity index (χ0v) is 9.60. The molecule has 0 bridgehead atoms. The number of carbonyl (C=O) groups excluding carboxylic acids is 1. The molecule has 0 rings (SSSR count). The molecule has 0 radical (unpaired) electrons. The van der Waals surface area contributed by atoms with Crippen LogP contribution in [0.15, 0.2) is 0 Å². The van der Waals surface area contributed by atoms with Crippen LogP contribution in [-0.4, -0.2) is 53.5 Å². The van der Waals surface area contributed by atoms with Gasteiger partial charge in [0.05, 0.1) is 0 Å². The fourth-order valence-corrected chi connectivity index (χ4v) is 1.24. The van der Waals surface area contributed by atoms with Gasteiger partial charge in [0.1, 0.15) is 13.1 Å². The standard InChI is InChI=1S/C8H6F9NO3/c9-6(10,11)2-18(1-3(19)20)5(21)4(7(12,13)14)8(15,16)17/h4H,1-2H2,(H,19,20). The smallest absolute Gasteiger partial charge is 0.409 e. The fourth-order valence-electron chi connectivity index (χ4n) is 1.24. The molecule has 0 aromatic rings. The summed E-state index contributed by atoms with van der Waals surface area (Å²) in [7, 11) is 0. The molecule has 0 aliphatic carbocycles. The van der Waals surface area contributed by atoms with Gasteiger partial charge in [-0.2, -0.15) is 39.5 Å². The van der Waals surface area contributed by atoms with Crippen LogP contribution in [0, 0.1) is 5.92 Å². The molecule has 0 aromatic carbocycles. The highest BCUT2D eigenvalue weighted by atomic mass is 19.4. The van der Waals surface area contributed by atoms with Crippen molar-refractivity contribution in [2.45, 2.75) is 18.5 Å². The van der Waals surface area contributed by atoms with Gasteiger partial charge < -0.3 is 10.0 Å². The molecule has 0 saturated heterocycles. The first kappa shape index (κ1) is 19.3. The van der Waals surface area contributed by atoms with Crippen molar-refractivity contribution in [1.82, 2.24) is 4.90 Å². The van der Waals surface area contributed by atoms with Crippen LogP contribution in [0.2, 0.25) is 0 Å². The molecule has 0 spiro atoms. The van der Waals surface area contributed by atoms with Crippen LogP contribution in [0.4, 0.5) is 39.5 Å². The second-order valence-corrected chi connectivity index (χ2v) is 3.72. The van der Waals surface area contributed by atoms with Gasteiger partial charge in [-0.15, -0.1) is 0 Å².